The molecule has 0 aromatic rings. The normalized spacial score (nSPS) is 32.3. The van der Waals surface area contributed by atoms with Crippen LogP contribution in [-0.4, -0.2) is 53.3 Å². The van der Waals surface area contributed by atoms with Crippen LogP contribution < -0.4 is 5.32 Å². The molecule has 3 aliphatic rings. The van der Waals surface area contributed by atoms with E-state index in [2.05, 4.69) is 5.32 Å². The molecule has 2 amide bonds. The summed E-state index contributed by atoms with van der Waals surface area (Å²) in [6.45, 7) is 0.337. The van der Waals surface area contributed by atoms with Crippen molar-refractivity contribution < 1.29 is 19.4 Å². The van der Waals surface area contributed by atoms with E-state index in [-0.39, 0.29) is 30.8 Å². The Hall–Kier alpha value is -1.30. The third-order valence-electron chi connectivity index (χ3n) is 4.20. The molecule has 1 aliphatic carbocycles. The van der Waals surface area contributed by atoms with Gasteiger partial charge in [0.1, 0.15) is 6.54 Å². The van der Waals surface area contributed by atoms with Crippen molar-refractivity contribution in [2.45, 2.75) is 50.4 Å². The molecular weight excluding hydrogens is 248 g/mol. The minimum Gasteiger partial charge on any atom is -0.480 e. The molecule has 2 saturated heterocycles. The molecule has 3 rings (SSSR count). The lowest BCUT2D eigenvalue weighted by Gasteiger charge is -2.26. The Morgan fingerprint density at radius 2 is 2.05 bits per heavy atom. The second kappa shape index (κ2) is 5.00. The minimum absolute atomic E-state index is 0.0572. The van der Waals surface area contributed by atoms with Gasteiger partial charge in [-0.05, 0) is 38.0 Å². The topological polar surface area (TPSA) is 78.9 Å². The third-order valence-corrected chi connectivity index (χ3v) is 4.20. The maximum absolute atomic E-state index is 12.2. The van der Waals surface area contributed by atoms with Crippen molar-refractivity contribution in [3.8, 4) is 0 Å². The number of fused-ring (bicyclic) bond motifs is 2. The van der Waals surface area contributed by atoms with E-state index in [1.165, 1.54) is 4.90 Å². The van der Waals surface area contributed by atoms with Gasteiger partial charge in [-0.25, -0.2) is 4.79 Å². The first-order chi connectivity index (χ1) is 9.11. The number of nitrogens with one attached hydrogen (secondary N) is 1. The molecule has 2 bridgehead atoms. The lowest BCUT2D eigenvalue weighted by molar-refractivity contribution is -0.137. The van der Waals surface area contributed by atoms with E-state index >= 15 is 0 Å². The van der Waals surface area contributed by atoms with Gasteiger partial charge in [0.25, 0.3) is 0 Å². The Labute approximate surface area is 112 Å². The Morgan fingerprint density at radius 3 is 2.58 bits per heavy atom. The first-order valence-corrected chi connectivity index (χ1v) is 7.04. The predicted molar refractivity (Wildman–Crippen MR) is 66.8 cm³/mol. The van der Waals surface area contributed by atoms with Crippen molar-refractivity contribution in [2.75, 3.05) is 13.1 Å². The SMILES string of the molecule is O=C(O)CN(CC1CC1)C(=O)NC1CC2CCC1O2. The van der Waals surface area contributed by atoms with E-state index < -0.39 is 5.97 Å². The second-order valence-corrected chi connectivity index (χ2v) is 5.88. The van der Waals surface area contributed by atoms with Gasteiger partial charge in [-0.2, -0.15) is 0 Å². The highest BCUT2D eigenvalue weighted by atomic mass is 16.5. The number of urea groups is 1. The number of hydrogen-bond donors (Lipinski definition) is 2. The fourth-order valence-corrected chi connectivity index (χ4v) is 3.03. The van der Waals surface area contributed by atoms with Gasteiger partial charge in [-0.3, -0.25) is 4.79 Å². The Bertz CT molecular complexity index is 383. The number of amides is 2. The highest BCUT2D eigenvalue weighted by molar-refractivity contribution is 5.80. The zero-order valence-corrected chi connectivity index (χ0v) is 10.9. The molecule has 19 heavy (non-hydrogen) atoms. The summed E-state index contributed by atoms with van der Waals surface area (Å²) in [4.78, 5) is 24.4. The van der Waals surface area contributed by atoms with E-state index in [1.54, 1.807) is 0 Å². The average Bonchev–Trinajstić information content (AvgIpc) is 2.93. The van der Waals surface area contributed by atoms with Crippen LogP contribution in [0.3, 0.4) is 0 Å². The molecule has 1 saturated carbocycles. The third kappa shape index (κ3) is 3.00. The van der Waals surface area contributed by atoms with Crippen molar-refractivity contribution in [1.82, 2.24) is 10.2 Å². The number of carbonyl (C=O) groups is 2. The van der Waals surface area contributed by atoms with Crippen molar-refractivity contribution in [3.63, 3.8) is 0 Å². The number of rotatable bonds is 5. The fraction of sp³-hybridized carbons (Fsp3) is 0.846. The molecule has 6 nitrogen and oxygen atoms in total. The zero-order valence-electron chi connectivity index (χ0n) is 10.9. The van der Waals surface area contributed by atoms with Gasteiger partial charge >= 0.3 is 12.0 Å². The maximum Gasteiger partial charge on any atom is 0.323 e. The highest BCUT2D eigenvalue weighted by Gasteiger charge is 2.42. The molecule has 3 fully saturated rings. The summed E-state index contributed by atoms with van der Waals surface area (Å²) in [5.41, 5.74) is 0. The molecule has 2 aliphatic heterocycles. The van der Waals surface area contributed by atoms with Gasteiger partial charge in [0.15, 0.2) is 0 Å². The largest absolute Gasteiger partial charge is 0.480 e. The molecule has 0 aromatic carbocycles. The van der Waals surface area contributed by atoms with Crippen LogP contribution >= 0.6 is 0 Å². The van der Waals surface area contributed by atoms with E-state index in [1.807, 2.05) is 0 Å². The molecule has 3 atom stereocenters. The molecule has 0 spiro atoms. The van der Waals surface area contributed by atoms with Crippen LogP contribution in [-0.2, 0) is 9.53 Å². The first kappa shape index (κ1) is 12.7. The number of carboxylic acid groups (broad SMARTS) is 1. The Balaban J connectivity index is 1.55. The number of hydrogen-bond acceptors (Lipinski definition) is 3. The molecule has 3 unspecified atom stereocenters. The standard InChI is InChI=1S/C13H20N2O4/c16-12(17)7-15(6-8-1-2-8)13(18)14-10-5-9-3-4-11(10)19-9/h8-11H,1-7H2,(H,14,18)(H,16,17). The van der Waals surface area contributed by atoms with E-state index in [0.29, 0.717) is 12.5 Å². The fourth-order valence-electron chi connectivity index (χ4n) is 3.03. The van der Waals surface area contributed by atoms with Crippen LogP contribution in [0.15, 0.2) is 0 Å². The molecule has 0 aromatic heterocycles. The maximum atomic E-state index is 12.2. The summed E-state index contributed by atoms with van der Waals surface area (Å²) in [6, 6.07) is -0.197. The summed E-state index contributed by atoms with van der Waals surface area (Å²) in [5.74, 6) is -0.471. The zero-order chi connectivity index (χ0) is 13.4. The summed E-state index contributed by atoms with van der Waals surface area (Å²) in [6.07, 6.45) is 5.55. The summed E-state index contributed by atoms with van der Waals surface area (Å²) < 4.78 is 5.69. The summed E-state index contributed by atoms with van der Waals surface area (Å²) in [5, 5.41) is 11.8. The molecule has 0 radical (unpaired) electrons. The van der Waals surface area contributed by atoms with Crippen molar-refractivity contribution in [3.05, 3.63) is 0 Å². The highest BCUT2D eigenvalue weighted by Crippen LogP contribution is 2.34. The molecule has 2 N–H and O–H groups in total. The number of carboxylic acids is 1. The van der Waals surface area contributed by atoms with Gasteiger partial charge < -0.3 is 20.1 Å². The quantitative estimate of drug-likeness (QED) is 0.773. The smallest absolute Gasteiger partial charge is 0.323 e. The number of nitrogens with zero attached hydrogens (tertiary/aromatic N) is 1. The van der Waals surface area contributed by atoms with Crippen LogP contribution in [0.25, 0.3) is 0 Å². The van der Waals surface area contributed by atoms with Crippen LogP contribution in [0.2, 0.25) is 0 Å². The predicted octanol–water partition coefficient (Wildman–Crippen LogP) is 0.812. The lowest BCUT2D eigenvalue weighted by Crippen LogP contribution is -2.50. The van der Waals surface area contributed by atoms with Crippen molar-refractivity contribution in [2.24, 2.45) is 5.92 Å². The lowest BCUT2D eigenvalue weighted by atomic mass is 9.96. The summed E-state index contributed by atoms with van der Waals surface area (Å²) in [7, 11) is 0. The average molecular weight is 268 g/mol. The van der Waals surface area contributed by atoms with Crippen LogP contribution in [0.1, 0.15) is 32.1 Å². The van der Waals surface area contributed by atoms with Crippen molar-refractivity contribution >= 4 is 12.0 Å². The van der Waals surface area contributed by atoms with E-state index in [4.69, 9.17) is 9.84 Å². The second-order valence-electron chi connectivity index (χ2n) is 5.88. The first-order valence-electron chi connectivity index (χ1n) is 7.04. The van der Waals surface area contributed by atoms with Gasteiger partial charge in [0.05, 0.1) is 18.2 Å². The minimum atomic E-state index is -0.958. The number of aliphatic carboxylic acids is 1. The van der Waals surface area contributed by atoms with Crippen LogP contribution in [0.4, 0.5) is 4.79 Å². The molecular formula is C13H20N2O4. The monoisotopic (exact) mass is 268 g/mol. The van der Waals surface area contributed by atoms with Crippen LogP contribution in [0.5, 0.6) is 0 Å². The van der Waals surface area contributed by atoms with E-state index in [0.717, 1.165) is 32.1 Å². The van der Waals surface area contributed by atoms with Gasteiger partial charge in [-0.15, -0.1) is 0 Å². The Kier molecular flexibility index (Phi) is 3.35. The molecule has 106 valence electrons. The Morgan fingerprint density at radius 1 is 1.26 bits per heavy atom. The van der Waals surface area contributed by atoms with Crippen molar-refractivity contribution in [1.29, 1.82) is 0 Å². The van der Waals surface area contributed by atoms with Gasteiger partial charge in [0.2, 0.25) is 0 Å². The molecule has 6 heteroatoms. The summed E-state index contributed by atoms with van der Waals surface area (Å²) >= 11 is 0. The van der Waals surface area contributed by atoms with E-state index in [9.17, 15) is 9.59 Å². The number of carbonyl (C=O) groups excluding carboxylic acids is 1. The number of ether oxygens (including phenoxy) is 1. The molecule has 2 heterocycles. The van der Waals surface area contributed by atoms with Gasteiger partial charge in [0, 0.05) is 6.54 Å². The van der Waals surface area contributed by atoms with Gasteiger partial charge in [-0.1, -0.05) is 0 Å². The van der Waals surface area contributed by atoms with Crippen LogP contribution in [0, 0.1) is 5.92 Å².